The van der Waals surface area contributed by atoms with E-state index in [1.807, 2.05) is 24.3 Å². The van der Waals surface area contributed by atoms with Crippen LogP contribution < -0.4 is 4.74 Å². The molecule has 2 aromatic carbocycles. The highest BCUT2D eigenvalue weighted by Crippen LogP contribution is 2.28. The molecule has 0 aliphatic heterocycles. The molecule has 0 saturated carbocycles. The summed E-state index contributed by atoms with van der Waals surface area (Å²) in [4.78, 5) is 12.4. The van der Waals surface area contributed by atoms with Gasteiger partial charge in [-0.3, -0.25) is 0 Å². The number of aldehydes is 1. The Kier molecular flexibility index (Phi) is 5.24. The van der Waals surface area contributed by atoms with Gasteiger partial charge < -0.3 is 9.53 Å². The van der Waals surface area contributed by atoms with Gasteiger partial charge in [0.1, 0.15) is 12.0 Å². The number of benzene rings is 2. The molecule has 0 aromatic heterocycles. The Bertz CT molecular complexity index is 563. The number of methoxy groups -OCH3 is 1. The average molecular weight is 286 g/mol. The lowest BCUT2D eigenvalue weighted by Gasteiger charge is -2.13. The van der Waals surface area contributed by atoms with Crippen LogP contribution in [0.4, 0.5) is 0 Å². The molecule has 0 saturated heterocycles. The number of rotatable bonds is 6. The van der Waals surface area contributed by atoms with E-state index >= 15 is 0 Å². The minimum absolute atomic E-state index is 0.103. The number of carbonyl (C=O) groups is 1. The van der Waals surface area contributed by atoms with Crippen molar-refractivity contribution in [2.75, 3.05) is 7.11 Å². The van der Waals surface area contributed by atoms with Crippen LogP contribution >= 0.6 is 11.8 Å². The molecule has 0 bridgehead atoms. The number of thioether (sulfide) groups is 1. The van der Waals surface area contributed by atoms with Crippen molar-refractivity contribution in [3.8, 4) is 5.75 Å². The summed E-state index contributed by atoms with van der Waals surface area (Å²) >= 11 is 1.59. The van der Waals surface area contributed by atoms with E-state index in [0.29, 0.717) is 6.42 Å². The second-order valence-electron chi connectivity index (χ2n) is 4.62. The van der Waals surface area contributed by atoms with E-state index in [-0.39, 0.29) is 5.25 Å². The Balaban J connectivity index is 2.09. The van der Waals surface area contributed by atoms with Crippen LogP contribution in [0.1, 0.15) is 11.1 Å². The molecular formula is C17H18O2S. The molecule has 0 radical (unpaired) electrons. The summed E-state index contributed by atoms with van der Waals surface area (Å²) in [6.07, 6.45) is 1.68. The fraction of sp³-hybridized carbons (Fsp3) is 0.235. The van der Waals surface area contributed by atoms with Crippen LogP contribution in [0.25, 0.3) is 0 Å². The first-order valence-electron chi connectivity index (χ1n) is 6.53. The highest BCUT2D eigenvalue weighted by molar-refractivity contribution is 8.00. The fourth-order valence-electron chi connectivity index (χ4n) is 2.00. The van der Waals surface area contributed by atoms with E-state index in [1.54, 1.807) is 18.9 Å². The van der Waals surface area contributed by atoms with Crippen molar-refractivity contribution >= 4 is 18.0 Å². The molecule has 2 rings (SSSR count). The normalized spacial score (nSPS) is 11.9. The van der Waals surface area contributed by atoms with Crippen molar-refractivity contribution in [1.29, 1.82) is 0 Å². The Morgan fingerprint density at radius 2 is 1.85 bits per heavy atom. The molecule has 0 amide bonds. The van der Waals surface area contributed by atoms with Crippen molar-refractivity contribution in [1.82, 2.24) is 0 Å². The van der Waals surface area contributed by atoms with E-state index in [2.05, 4.69) is 31.2 Å². The molecule has 1 unspecified atom stereocenters. The van der Waals surface area contributed by atoms with Gasteiger partial charge in [0.25, 0.3) is 0 Å². The van der Waals surface area contributed by atoms with E-state index in [0.717, 1.165) is 22.5 Å². The molecule has 2 aromatic rings. The number of carbonyl (C=O) groups excluding carboxylic acids is 1. The zero-order chi connectivity index (χ0) is 14.4. The van der Waals surface area contributed by atoms with Crippen molar-refractivity contribution in [2.45, 2.75) is 23.5 Å². The molecular weight excluding hydrogens is 268 g/mol. The summed E-state index contributed by atoms with van der Waals surface area (Å²) in [6, 6.07) is 16.1. The third-order valence-corrected chi connectivity index (χ3v) is 4.20. The maximum Gasteiger partial charge on any atom is 0.133 e. The topological polar surface area (TPSA) is 26.3 Å². The van der Waals surface area contributed by atoms with Gasteiger partial charge in [-0.2, -0.15) is 0 Å². The van der Waals surface area contributed by atoms with E-state index < -0.39 is 0 Å². The van der Waals surface area contributed by atoms with Crippen molar-refractivity contribution < 1.29 is 9.53 Å². The van der Waals surface area contributed by atoms with Crippen molar-refractivity contribution in [3.63, 3.8) is 0 Å². The second kappa shape index (κ2) is 7.15. The summed E-state index contributed by atoms with van der Waals surface area (Å²) in [7, 11) is 1.65. The molecule has 0 fully saturated rings. The van der Waals surface area contributed by atoms with Gasteiger partial charge in [-0.15, -0.1) is 11.8 Å². The summed E-state index contributed by atoms with van der Waals surface area (Å²) < 4.78 is 5.33. The molecule has 0 aliphatic carbocycles. The van der Waals surface area contributed by atoms with Crippen LogP contribution in [0.3, 0.4) is 0 Å². The first-order chi connectivity index (χ1) is 9.72. The summed E-state index contributed by atoms with van der Waals surface area (Å²) in [5.41, 5.74) is 2.29. The zero-order valence-electron chi connectivity index (χ0n) is 11.7. The van der Waals surface area contributed by atoms with Crippen LogP contribution in [-0.2, 0) is 11.2 Å². The summed E-state index contributed by atoms with van der Waals surface area (Å²) in [5, 5.41) is -0.103. The van der Waals surface area contributed by atoms with Crippen LogP contribution in [0.15, 0.2) is 53.4 Å². The molecule has 0 spiro atoms. The van der Waals surface area contributed by atoms with Crippen molar-refractivity contribution in [2.24, 2.45) is 0 Å². The number of ether oxygens (including phenoxy) is 1. The minimum atomic E-state index is -0.103. The monoisotopic (exact) mass is 286 g/mol. The highest BCUT2D eigenvalue weighted by Gasteiger charge is 2.13. The van der Waals surface area contributed by atoms with Crippen molar-refractivity contribution in [3.05, 3.63) is 59.7 Å². The molecule has 104 valence electrons. The fourth-order valence-corrected chi connectivity index (χ4v) is 2.96. The van der Waals surface area contributed by atoms with Gasteiger partial charge >= 0.3 is 0 Å². The first-order valence-corrected chi connectivity index (χ1v) is 7.41. The zero-order valence-corrected chi connectivity index (χ0v) is 12.5. The standard InChI is InChI=1S/C17H18O2S/c1-13-7-9-15(10-8-13)20-16(12-18)11-14-5-3-4-6-17(14)19-2/h3-10,12,16H,11H2,1-2H3. The Labute approximate surface area is 124 Å². The average Bonchev–Trinajstić information content (AvgIpc) is 2.49. The largest absolute Gasteiger partial charge is 0.496 e. The van der Waals surface area contributed by atoms with E-state index in [1.165, 1.54) is 5.56 Å². The first kappa shape index (κ1) is 14.7. The number of para-hydroxylation sites is 1. The Morgan fingerprint density at radius 1 is 1.15 bits per heavy atom. The van der Waals surface area contributed by atoms with Gasteiger partial charge in [-0.05, 0) is 37.1 Å². The predicted molar refractivity (Wildman–Crippen MR) is 83.6 cm³/mol. The van der Waals surface area contributed by atoms with E-state index in [9.17, 15) is 4.79 Å². The summed E-state index contributed by atoms with van der Waals surface area (Å²) in [6.45, 7) is 2.06. The lowest BCUT2D eigenvalue weighted by Crippen LogP contribution is -2.09. The maximum absolute atomic E-state index is 11.3. The second-order valence-corrected chi connectivity index (χ2v) is 5.93. The van der Waals surface area contributed by atoms with E-state index in [4.69, 9.17) is 4.74 Å². The number of hydrogen-bond donors (Lipinski definition) is 0. The lowest BCUT2D eigenvalue weighted by atomic mass is 10.1. The third kappa shape index (κ3) is 3.87. The van der Waals surface area contributed by atoms with Gasteiger partial charge in [0, 0.05) is 4.90 Å². The van der Waals surface area contributed by atoms with Crippen LogP contribution in [-0.4, -0.2) is 18.6 Å². The Morgan fingerprint density at radius 3 is 2.50 bits per heavy atom. The van der Waals surface area contributed by atoms with Gasteiger partial charge in [0.15, 0.2) is 0 Å². The Hall–Kier alpha value is -1.74. The lowest BCUT2D eigenvalue weighted by molar-refractivity contribution is -0.107. The van der Waals surface area contributed by atoms with Crippen LogP contribution in [0.2, 0.25) is 0 Å². The van der Waals surface area contributed by atoms with Crippen LogP contribution in [0.5, 0.6) is 5.75 Å². The molecule has 2 nitrogen and oxygen atoms in total. The van der Waals surface area contributed by atoms with Gasteiger partial charge in [-0.1, -0.05) is 35.9 Å². The quantitative estimate of drug-likeness (QED) is 0.595. The SMILES string of the molecule is COc1ccccc1CC(C=O)Sc1ccc(C)cc1. The molecule has 1 atom stereocenters. The molecule has 0 N–H and O–H groups in total. The molecule has 0 aliphatic rings. The highest BCUT2D eigenvalue weighted by atomic mass is 32.2. The number of hydrogen-bond acceptors (Lipinski definition) is 3. The predicted octanol–water partition coefficient (Wildman–Crippen LogP) is 3.91. The smallest absolute Gasteiger partial charge is 0.133 e. The molecule has 0 heterocycles. The molecule has 3 heteroatoms. The summed E-state index contributed by atoms with van der Waals surface area (Å²) in [5.74, 6) is 0.837. The van der Waals surface area contributed by atoms with Gasteiger partial charge in [-0.25, -0.2) is 0 Å². The third-order valence-electron chi connectivity index (χ3n) is 3.07. The maximum atomic E-state index is 11.3. The molecule has 20 heavy (non-hydrogen) atoms. The van der Waals surface area contributed by atoms with Crippen LogP contribution in [0, 0.1) is 6.92 Å². The minimum Gasteiger partial charge on any atom is -0.496 e. The number of aryl methyl sites for hydroxylation is 1. The van der Waals surface area contributed by atoms with Gasteiger partial charge in [0.05, 0.1) is 12.4 Å². The van der Waals surface area contributed by atoms with Gasteiger partial charge in [0.2, 0.25) is 0 Å².